The van der Waals surface area contributed by atoms with E-state index in [0.717, 1.165) is 16.7 Å². The molecule has 0 aromatic heterocycles. The van der Waals surface area contributed by atoms with Crippen LogP contribution in [0.4, 0.5) is 0 Å². The average molecular weight is 405 g/mol. The van der Waals surface area contributed by atoms with Crippen molar-refractivity contribution in [3.8, 4) is 0 Å². The van der Waals surface area contributed by atoms with E-state index in [1.54, 1.807) is 13.0 Å². The predicted molar refractivity (Wildman–Crippen MR) is 122 cm³/mol. The summed E-state index contributed by atoms with van der Waals surface area (Å²) in [5.74, 6) is 0.193. The molecule has 0 radical (unpaired) electrons. The van der Waals surface area contributed by atoms with Crippen LogP contribution in [0.25, 0.3) is 6.08 Å². The van der Waals surface area contributed by atoms with Gasteiger partial charge >= 0.3 is 5.97 Å². The van der Waals surface area contributed by atoms with Gasteiger partial charge in [0.25, 0.3) is 0 Å². The smallest absolute Gasteiger partial charge is 0.330 e. The van der Waals surface area contributed by atoms with E-state index < -0.39 is 0 Å². The first kappa shape index (κ1) is 22.0. The molecule has 1 atom stereocenters. The molecule has 2 aromatic rings. The van der Waals surface area contributed by atoms with Gasteiger partial charge in [-0.25, -0.2) is 4.79 Å². The Hall–Kier alpha value is -2.68. The number of hydrogen-bond donors (Lipinski definition) is 0. The molecule has 3 rings (SSSR count). The Bertz CT molecular complexity index is 995. The van der Waals surface area contributed by atoms with Gasteiger partial charge in [-0.15, -0.1) is 0 Å². The highest BCUT2D eigenvalue weighted by Gasteiger charge is 2.48. The second kappa shape index (κ2) is 8.22. The van der Waals surface area contributed by atoms with Crippen LogP contribution in [0.2, 0.25) is 0 Å². The number of ether oxygens (including phenoxy) is 1. The Morgan fingerprint density at radius 3 is 2.37 bits per heavy atom. The van der Waals surface area contributed by atoms with Gasteiger partial charge in [0.1, 0.15) is 0 Å². The zero-order valence-electron chi connectivity index (χ0n) is 18.9. The second-order valence-corrected chi connectivity index (χ2v) is 9.31. The number of Topliss-reactive ketones (excluding diaryl/α,β-unsaturated/α-hetero) is 1. The van der Waals surface area contributed by atoms with Crippen LogP contribution >= 0.6 is 0 Å². The lowest BCUT2D eigenvalue weighted by molar-refractivity contribution is -0.137. The fraction of sp³-hybridized carbons (Fsp3) is 0.407. The van der Waals surface area contributed by atoms with Gasteiger partial charge in [0.05, 0.1) is 6.61 Å². The number of ketones is 1. The van der Waals surface area contributed by atoms with E-state index in [0.29, 0.717) is 18.9 Å². The third-order valence-corrected chi connectivity index (χ3v) is 6.99. The molecule has 1 aliphatic rings. The SMILES string of the molecule is CCOC(=O)/C=C/c1ccccc1CC(=O)c1ccc2c(c1)C(C)(C)C(C)C2(C)C. The van der Waals surface area contributed by atoms with Crippen LogP contribution in [0.15, 0.2) is 48.5 Å². The summed E-state index contributed by atoms with van der Waals surface area (Å²) in [6.45, 7) is 13.5. The summed E-state index contributed by atoms with van der Waals surface area (Å²) in [6, 6.07) is 13.9. The predicted octanol–water partition coefficient (Wildman–Crippen LogP) is 5.89. The van der Waals surface area contributed by atoms with E-state index in [2.05, 4.69) is 46.8 Å². The van der Waals surface area contributed by atoms with Crippen LogP contribution < -0.4 is 0 Å². The van der Waals surface area contributed by atoms with Crippen LogP contribution in [0, 0.1) is 5.92 Å². The van der Waals surface area contributed by atoms with Gasteiger partial charge in [-0.3, -0.25) is 4.79 Å². The molecule has 1 aliphatic carbocycles. The molecule has 1 unspecified atom stereocenters. The second-order valence-electron chi connectivity index (χ2n) is 9.31. The molecule has 3 heteroatoms. The van der Waals surface area contributed by atoms with Crippen LogP contribution in [0.5, 0.6) is 0 Å². The molecule has 0 bridgehead atoms. The van der Waals surface area contributed by atoms with Crippen molar-refractivity contribution in [3.05, 3.63) is 76.4 Å². The van der Waals surface area contributed by atoms with Crippen LogP contribution in [0.1, 0.15) is 74.2 Å². The Labute approximate surface area is 180 Å². The monoisotopic (exact) mass is 404 g/mol. The van der Waals surface area contributed by atoms with Gasteiger partial charge in [-0.05, 0) is 58.1 Å². The lowest BCUT2D eigenvalue weighted by Gasteiger charge is -2.32. The molecular weight excluding hydrogens is 372 g/mol. The summed E-state index contributed by atoms with van der Waals surface area (Å²) in [5, 5.41) is 0. The third kappa shape index (κ3) is 3.98. The Kier molecular flexibility index (Phi) is 6.03. The standard InChI is InChI=1S/C27H32O3/c1-7-30-25(29)15-13-19-10-8-9-11-20(19)17-24(28)21-12-14-22-23(16-21)27(5,6)18(2)26(22,3)4/h8-16,18H,7,17H2,1-6H3/b15-13+. The van der Waals surface area contributed by atoms with Crippen molar-refractivity contribution < 1.29 is 14.3 Å². The van der Waals surface area contributed by atoms with E-state index in [1.165, 1.54) is 17.2 Å². The highest BCUT2D eigenvalue weighted by Crippen LogP contribution is 2.53. The van der Waals surface area contributed by atoms with E-state index in [4.69, 9.17) is 4.74 Å². The number of carbonyl (C=O) groups excluding carboxylic acids is 2. The number of rotatable bonds is 6. The largest absolute Gasteiger partial charge is 0.463 e. The molecule has 0 saturated carbocycles. The maximum atomic E-state index is 13.1. The van der Waals surface area contributed by atoms with Crippen LogP contribution in [-0.4, -0.2) is 18.4 Å². The summed E-state index contributed by atoms with van der Waals surface area (Å²) in [5.41, 5.74) is 5.23. The number of esters is 1. The molecule has 0 saturated heterocycles. The normalized spacial score (nSPS) is 18.9. The molecule has 0 fully saturated rings. The molecule has 0 spiro atoms. The number of benzene rings is 2. The molecule has 158 valence electrons. The van der Waals surface area contributed by atoms with Crippen LogP contribution in [0.3, 0.4) is 0 Å². The van der Waals surface area contributed by atoms with Gasteiger partial charge in [0.15, 0.2) is 5.78 Å². The summed E-state index contributed by atoms with van der Waals surface area (Å²) in [4.78, 5) is 24.8. The van der Waals surface area contributed by atoms with E-state index >= 15 is 0 Å². The topological polar surface area (TPSA) is 43.4 Å². The molecule has 3 nitrogen and oxygen atoms in total. The lowest BCUT2D eigenvalue weighted by Crippen LogP contribution is -2.30. The zero-order chi connectivity index (χ0) is 22.1. The van der Waals surface area contributed by atoms with E-state index in [9.17, 15) is 9.59 Å². The summed E-state index contributed by atoms with van der Waals surface area (Å²) in [7, 11) is 0. The minimum atomic E-state index is -0.379. The first-order valence-corrected chi connectivity index (χ1v) is 10.7. The quantitative estimate of drug-likeness (QED) is 0.342. The molecular formula is C27H32O3. The molecule has 30 heavy (non-hydrogen) atoms. The van der Waals surface area contributed by atoms with Crippen molar-refractivity contribution >= 4 is 17.8 Å². The Balaban J connectivity index is 1.87. The Morgan fingerprint density at radius 2 is 1.67 bits per heavy atom. The number of carbonyl (C=O) groups is 2. The molecule has 0 aliphatic heterocycles. The summed E-state index contributed by atoms with van der Waals surface area (Å²) >= 11 is 0. The van der Waals surface area contributed by atoms with Gasteiger partial charge in [-0.2, -0.15) is 0 Å². The maximum Gasteiger partial charge on any atom is 0.330 e. The molecule has 0 amide bonds. The minimum Gasteiger partial charge on any atom is -0.463 e. The Morgan fingerprint density at radius 1 is 1.00 bits per heavy atom. The third-order valence-electron chi connectivity index (χ3n) is 6.99. The van der Waals surface area contributed by atoms with Crippen molar-refractivity contribution in [3.63, 3.8) is 0 Å². The number of fused-ring (bicyclic) bond motifs is 1. The fourth-order valence-corrected chi connectivity index (χ4v) is 4.66. The van der Waals surface area contributed by atoms with Crippen molar-refractivity contribution in [2.75, 3.05) is 6.61 Å². The zero-order valence-corrected chi connectivity index (χ0v) is 18.9. The molecule has 2 aromatic carbocycles. The molecule has 0 N–H and O–H groups in total. The van der Waals surface area contributed by atoms with Gasteiger partial charge in [0.2, 0.25) is 0 Å². The van der Waals surface area contributed by atoms with Gasteiger partial charge < -0.3 is 4.74 Å². The van der Waals surface area contributed by atoms with Gasteiger partial charge in [0, 0.05) is 18.1 Å². The average Bonchev–Trinajstić information content (AvgIpc) is 2.84. The minimum absolute atomic E-state index is 0.0232. The summed E-state index contributed by atoms with van der Waals surface area (Å²) < 4.78 is 4.95. The van der Waals surface area contributed by atoms with E-state index in [-0.39, 0.29) is 22.6 Å². The van der Waals surface area contributed by atoms with Gasteiger partial charge in [-0.1, -0.05) is 71.0 Å². The van der Waals surface area contributed by atoms with Crippen molar-refractivity contribution in [2.45, 2.75) is 58.8 Å². The highest BCUT2D eigenvalue weighted by atomic mass is 16.5. The molecule has 0 heterocycles. The van der Waals surface area contributed by atoms with E-state index in [1.807, 2.05) is 30.3 Å². The highest BCUT2D eigenvalue weighted by molar-refractivity contribution is 5.98. The van der Waals surface area contributed by atoms with Crippen molar-refractivity contribution in [1.29, 1.82) is 0 Å². The summed E-state index contributed by atoms with van der Waals surface area (Å²) in [6.07, 6.45) is 3.42. The van der Waals surface area contributed by atoms with Crippen molar-refractivity contribution in [1.82, 2.24) is 0 Å². The maximum absolute atomic E-state index is 13.1. The first-order valence-electron chi connectivity index (χ1n) is 10.7. The lowest BCUT2D eigenvalue weighted by atomic mass is 9.71. The van der Waals surface area contributed by atoms with Crippen LogP contribution in [-0.2, 0) is 26.8 Å². The first-order chi connectivity index (χ1) is 14.1. The number of hydrogen-bond acceptors (Lipinski definition) is 3. The fourth-order valence-electron chi connectivity index (χ4n) is 4.66. The van der Waals surface area contributed by atoms with Crippen molar-refractivity contribution in [2.24, 2.45) is 5.92 Å².